The fourth-order valence-corrected chi connectivity index (χ4v) is 5.82. The van der Waals surface area contributed by atoms with Crippen molar-refractivity contribution in [3.63, 3.8) is 0 Å². The molecule has 0 aliphatic carbocycles. The third-order valence-corrected chi connectivity index (χ3v) is 8.79. The first-order chi connectivity index (χ1) is 33.1. The van der Waals surface area contributed by atoms with Gasteiger partial charge in [0.25, 0.3) is 40.9 Å². The van der Waals surface area contributed by atoms with Crippen molar-refractivity contribution in [3.8, 4) is 0 Å². The van der Waals surface area contributed by atoms with Gasteiger partial charge >= 0.3 is 6.18 Å². The minimum atomic E-state index is -5.40. The first-order valence-electron chi connectivity index (χ1n) is 19.3. The molecule has 0 spiro atoms. The summed E-state index contributed by atoms with van der Waals surface area (Å²) in [6.07, 6.45) is -16.9. The van der Waals surface area contributed by atoms with Crippen LogP contribution < -0.4 is 83.1 Å². The number of non-ortho nitro benzene ring substituents is 1. The van der Waals surface area contributed by atoms with Crippen molar-refractivity contribution in [3.05, 3.63) is 110 Å². The van der Waals surface area contributed by atoms with Gasteiger partial charge in [0.05, 0.1) is 27.6 Å². The molecule has 6 atom stereocenters. The zero-order valence-corrected chi connectivity index (χ0v) is 36.1. The lowest BCUT2D eigenvalue weighted by Crippen LogP contribution is -2.58. The highest BCUT2D eigenvalue weighted by molar-refractivity contribution is 5.99. The molecule has 0 saturated carbocycles. The van der Waals surface area contributed by atoms with Gasteiger partial charge in [-0.2, -0.15) is 13.2 Å². The van der Waals surface area contributed by atoms with Crippen molar-refractivity contribution in [2.75, 3.05) is 4.90 Å². The highest BCUT2D eigenvalue weighted by Crippen LogP contribution is 2.40. The van der Waals surface area contributed by atoms with E-state index in [1.807, 2.05) is 16.0 Å². The zero-order valence-electron chi connectivity index (χ0n) is 36.1. The number of hydrogen-bond acceptors (Lipinski definition) is 16. The Morgan fingerprint density at radius 3 is 1.46 bits per heavy atom. The van der Waals surface area contributed by atoms with E-state index in [2.05, 4.69) is 30.6 Å². The SMILES string of the molecule is NC(=O)C(N=C(N)N)NC(=O)C(N=C(N)N)NC(=O)C(N=C(N)N)NC(=O)C(N=C(N)N)NC(=O)C(NC(=O)C(O)N(Cc1ccccc1[N+](=O)[O-])c1ccc([N+](=O)[O-])cc1C(F)(F)F)c1ccccc1. The molecule has 0 aliphatic rings. The van der Waals surface area contributed by atoms with E-state index in [-0.39, 0.29) is 17.2 Å². The fraction of sp³-hybridized carbons (Fsp3) is 0.222. The Morgan fingerprint density at radius 2 is 1.03 bits per heavy atom. The lowest BCUT2D eigenvalue weighted by molar-refractivity contribution is -0.385. The Bertz CT molecular complexity index is 2640. The highest BCUT2D eigenvalue weighted by atomic mass is 19.4. The number of anilines is 1. The molecular weight excluding hydrogens is 960 g/mol. The summed E-state index contributed by atoms with van der Waals surface area (Å²) in [6.45, 7) is -1.03. The largest absolute Gasteiger partial charge is 0.418 e. The number of aliphatic imine (C=N–C) groups is 4. The molecule has 3 aromatic rings. The number of rotatable bonds is 22. The van der Waals surface area contributed by atoms with Crippen molar-refractivity contribution in [1.29, 1.82) is 0 Å². The van der Waals surface area contributed by atoms with Crippen molar-refractivity contribution in [2.24, 2.45) is 71.6 Å². The number of aliphatic hydroxyl groups is 1. The van der Waals surface area contributed by atoms with Crippen molar-refractivity contribution in [1.82, 2.24) is 26.6 Å². The Hall–Kier alpha value is -10.1. The smallest absolute Gasteiger partial charge is 0.370 e. The first-order valence-corrected chi connectivity index (χ1v) is 19.3. The van der Waals surface area contributed by atoms with E-state index in [9.17, 15) is 67.3 Å². The first kappa shape index (κ1) is 55.2. The second-order valence-corrected chi connectivity index (χ2v) is 14.0. The average molecular weight is 1000 g/mol. The van der Waals surface area contributed by atoms with Crippen LogP contribution in [0.15, 0.2) is 92.8 Å². The summed E-state index contributed by atoms with van der Waals surface area (Å²) in [5.74, 6) is -12.2. The topological polar surface area (TPSA) is 556 Å². The molecule has 32 nitrogen and oxygen atoms in total. The summed E-state index contributed by atoms with van der Waals surface area (Å²) >= 11 is 0. The van der Waals surface area contributed by atoms with Gasteiger partial charge in [-0.05, 0) is 11.6 Å². The molecule has 380 valence electrons. The van der Waals surface area contributed by atoms with Crippen LogP contribution in [0.4, 0.5) is 30.2 Å². The van der Waals surface area contributed by atoms with Gasteiger partial charge in [-0.1, -0.05) is 48.5 Å². The van der Waals surface area contributed by atoms with Gasteiger partial charge in [0, 0.05) is 23.8 Å². The van der Waals surface area contributed by atoms with Gasteiger partial charge in [-0.3, -0.25) is 49.0 Å². The highest BCUT2D eigenvalue weighted by Gasteiger charge is 2.40. The molecule has 0 radical (unpaired) electrons. The number of primary amides is 1. The van der Waals surface area contributed by atoms with E-state index in [1.165, 1.54) is 42.5 Å². The van der Waals surface area contributed by atoms with Crippen LogP contribution in [-0.2, 0) is 41.5 Å². The summed E-state index contributed by atoms with van der Waals surface area (Å²) in [6, 6.07) is 10.3. The molecule has 24 N–H and O–H groups in total. The Labute approximate surface area is 395 Å². The van der Waals surface area contributed by atoms with Gasteiger partial charge in [-0.25, -0.2) is 20.0 Å². The molecule has 35 heteroatoms. The molecular formula is C36H44F3N21O11. The molecule has 0 fully saturated rings. The number of carbonyl (C=O) groups is 6. The third kappa shape index (κ3) is 16.0. The van der Waals surface area contributed by atoms with E-state index in [0.29, 0.717) is 17.0 Å². The molecule has 3 aromatic carbocycles. The van der Waals surface area contributed by atoms with E-state index in [1.54, 1.807) is 0 Å². The van der Waals surface area contributed by atoms with Gasteiger partial charge < -0.3 is 88.2 Å². The summed E-state index contributed by atoms with van der Waals surface area (Å²) in [5, 5.41) is 44.9. The molecule has 6 unspecified atom stereocenters. The maximum absolute atomic E-state index is 14.5. The van der Waals surface area contributed by atoms with Gasteiger partial charge in [-0.15, -0.1) is 0 Å². The van der Waals surface area contributed by atoms with E-state index >= 15 is 0 Å². The Morgan fingerprint density at radius 1 is 0.592 bits per heavy atom. The normalized spacial score (nSPS) is 13.3. The number of alkyl halides is 3. The number of nitrogens with zero attached hydrogens (tertiary/aromatic N) is 7. The number of guanidine groups is 4. The molecule has 3 rings (SSSR count). The molecule has 0 heterocycles. The molecule has 0 bridgehead atoms. The van der Waals surface area contributed by atoms with Gasteiger partial charge in [0.15, 0.2) is 23.8 Å². The number of carbonyl (C=O) groups excluding carboxylic acids is 6. The maximum Gasteiger partial charge on any atom is 0.418 e. The number of halogens is 3. The lowest BCUT2D eigenvalue weighted by atomic mass is 10.1. The number of para-hydroxylation sites is 1. The van der Waals surface area contributed by atoms with Crippen LogP contribution >= 0.6 is 0 Å². The van der Waals surface area contributed by atoms with Crippen LogP contribution in [-0.4, -0.2) is 105 Å². The van der Waals surface area contributed by atoms with Gasteiger partial charge in [0.2, 0.25) is 36.8 Å². The summed E-state index contributed by atoms with van der Waals surface area (Å²) < 4.78 is 43.6. The molecule has 0 saturated heterocycles. The number of amides is 6. The number of nitrogens with two attached hydrogens (primary N) is 9. The standard InChI is InChI=1S/C36H44F3N21O11/c37-36(38,39)17-12-16(59(68)69)10-11-19(17)58(13-15-8-4-5-9-18(15)60(70)71)31(67)30(66)49-20(14-6-2-1-3-7-14)26(62)51-23(55-33(43)44)28(64)53-25(57-35(47)48)29(65)52-24(56-34(45)46)27(63)50-22(21(40)61)54-32(41)42/h1-12,20,22-25,31,67H,13H2,(H2,40,61)(H,49,66)(H,50,63)(H,51,62)(H,52,65)(H,53,64)(H4,41,42,54)(H4,43,44,55)(H4,45,46,56)(H4,47,48,57). The summed E-state index contributed by atoms with van der Waals surface area (Å²) in [4.78, 5) is 116. The number of nitro benzene ring substituents is 2. The lowest BCUT2D eigenvalue weighted by Gasteiger charge is -2.32. The second-order valence-electron chi connectivity index (χ2n) is 14.0. The number of nitrogens with one attached hydrogen (secondary N) is 5. The quantitative estimate of drug-likeness (QED) is 0.0146. The average Bonchev–Trinajstić information content (AvgIpc) is 3.27. The third-order valence-electron chi connectivity index (χ3n) is 8.79. The predicted molar refractivity (Wildman–Crippen MR) is 241 cm³/mol. The second kappa shape index (κ2) is 24.1. The molecule has 71 heavy (non-hydrogen) atoms. The number of aliphatic hydroxyl groups excluding tert-OH is 1. The van der Waals surface area contributed by atoms with Crippen molar-refractivity contribution in [2.45, 2.75) is 49.7 Å². The van der Waals surface area contributed by atoms with Crippen LogP contribution in [0.3, 0.4) is 0 Å². The maximum atomic E-state index is 14.5. The zero-order chi connectivity index (χ0) is 53.5. The summed E-state index contributed by atoms with van der Waals surface area (Å²) in [5.41, 5.74) is 43.3. The number of benzene rings is 3. The summed E-state index contributed by atoms with van der Waals surface area (Å²) in [7, 11) is 0. The number of nitro groups is 2. The fourth-order valence-electron chi connectivity index (χ4n) is 5.82. The van der Waals surface area contributed by atoms with Crippen molar-refractivity contribution >= 4 is 76.3 Å². The Kier molecular flexibility index (Phi) is 18.7. The minimum absolute atomic E-state index is 0.0969. The minimum Gasteiger partial charge on any atom is -0.370 e. The van der Waals surface area contributed by atoms with E-state index in [4.69, 9.17) is 51.6 Å². The van der Waals surface area contributed by atoms with Crippen LogP contribution in [0, 0.1) is 20.2 Å². The number of hydrogen-bond donors (Lipinski definition) is 15. The Balaban J connectivity index is 2.06. The molecule has 0 aliphatic heterocycles. The monoisotopic (exact) mass is 1000 g/mol. The van der Waals surface area contributed by atoms with E-state index in [0.717, 1.165) is 12.1 Å². The molecule has 0 aromatic heterocycles. The molecule has 6 amide bonds. The van der Waals surface area contributed by atoms with Crippen LogP contribution in [0.25, 0.3) is 0 Å². The van der Waals surface area contributed by atoms with Crippen molar-refractivity contribution < 1.29 is 56.9 Å². The van der Waals surface area contributed by atoms with E-state index < -0.39 is 141 Å². The van der Waals surface area contributed by atoms with Crippen LogP contribution in [0.2, 0.25) is 0 Å². The van der Waals surface area contributed by atoms with Crippen LogP contribution in [0.1, 0.15) is 22.7 Å². The predicted octanol–water partition coefficient (Wildman–Crippen LogP) is -5.95. The van der Waals surface area contributed by atoms with Crippen LogP contribution in [0.5, 0.6) is 0 Å². The van der Waals surface area contributed by atoms with Gasteiger partial charge in [0.1, 0.15) is 6.04 Å².